The molecule has 0 aliphatic rings. The average molecular weight is 284 g/mol. The van der Waals surface area contributed by atoms with Crippen LogP contribution in [0.1, 0.15) is 19.8 Å². The smallest absolute Gasteiger partial charge is 0.268 e. The Kier molecular flexibility index (Phi) is 7.38. The van der Waals surface area contributed by atoms with Crippen LogP contribution in [0.5, 0.6) is 0 Å². The molecule has 0 aromatic rings. The molecule has 100 valence electrons. The van der Waals surface area contributed by atoms with Crippen LogP contribution in [0.15, 0.2) is 0 Å². The molecule has 0 spiro atoms. The number of rotatable bonds is 9. The minimum absolute atomic E-state index is 0.0753. The topological polar surface area (TPSA) is 86.7 Å². The summed E-state index contributed by atoms with van der Waals surface area (Å²) >= 11 is 0. The quantitative estimate of drug-likeness (QED) is 0.339. The monoisotopic (exact) mass is 284 g/mol. The van der Waals surface area contributed by atoms with Crippen molar-refractivity contribution in [1.29, 1.82) is 0 Å². The van der Waals surface area contributed by atoms with Crippen molar-refractivity contribution in [2.75, 3.05) is 24.7 Å². The van der Waals surface area contributed by atoms with Gasteiger partial charge in [0, 0.05) is 0 Å². The first-order valence-corrected chi connectivity index (χ1v) is 8.16. The van der Waals surface area contributed by atoms with E-state index in [-0.39, 0.29) is 37.6 Å². The zero-order valence-corrected chi connectivity index (χ0v) is 11.2. The Morgan fingerprint density at radius 2 is 1.47 bits per heavy atom. The molecule has 0 aromatic carbocycles. The van der Waals surface area contributed by atoms with E-state index in [1.54, 1.807) is 6.92 Å². The highest BCUT2D eigenvalue weighted by Crippen LogP contribution is 2.03. The van der Waals surface area contributed by atoms with Gasteiger partial charge in [0.05, 0.1) is 18.1 Å². The Bertz CT molecular complexity index is 442. The van der Waals surface area contributed by atoms with Gasteiger partial charge in [-0.3, -0.25) is 8.37 Å². The maximum Gasteiger partial charge on any atom is 0.268 e. The summed E-state index contributed by atoms with van der Waals surface area (Å²) in [5.74, 6) is 1.58. The largest absolute Gasteiger partial charge is 0.270 e. The second-order valence-electron chi connectivity index (χ2n) is 3.10. The molecule has 6 nitrogen and oxygen atoms in total. The van der Waals surface area contributed by atoms with Crippen molar-refractivity contribution in [2.45, 2.75) is 19.8 Å². The number of unbranched alkanes of at least 4 members (excludes halogenated alkanes) is 1. The molecule has 8 heteroatoms. The zero-order valence-electron chi connectivity index (χ0n) is 9.59. The summed E-state index contributed by atoms with van der Waals surface area (Å²) < 4.78 is 53.4. The molecule has 0 fully saturated rings. The van der Waals surface area contributed by atoms with Crippen LogP contribution in [0.4, 0.5) is 0 Å². The first-order chi connectivity index (χ1) is 7.83. The van der Waals surface area contributed by atoms with Gasteiger partial charge in [-0.25, -0.2) is 0 Å². The summed E-state index contributed by atoms with van der Waals surface area (Å²) in [5.41, 5.74) is 0. The van der Waals surface area contributed by atoms with E-state index in [4.69, 9.17) is 6.42 Å². The third-order valence-electron chi connectivity index (χ3n) is 1.66. The van der Waals surface area contributed by atoms with Crippen LogP contribution in [-0.2, 0) is 28.6 Å². The lowest BCUT2D eigenvalue weighted by Crippen LogP contribution is -2.14. The molecule has 0 aromatic heterocycles. The molecule has 0 saturated heterocycles. The molecule has 0 amide bonds. The van der Waals surface area contributed by atoms with Crippen molar-refractivity contribution in [3.8, 4) is 12.3 Å². The molecular formula is C9H16O6S2. The molecular weight excluding hydrogens is 268 g/mol. The lowest BCUT2D eigenvalue weighted by molar-refractivity contribution is 0.337. The van der Waals surface area contributed by atoms with Crippen LogP contribution in [0.25, 0.3) is 0 Å². The second-order valence-corrected chi connectivity index (χ2v) is 6.62. The highest BCUT2D eigenvalue weighted by Gasteiger charge is 2.13. The predicted molar refractivity (Wildman–Crippen MR) is 63.2 cm³/mol. The van der Waals surface area contributed by atoms with Gasteiger partial charge >= 0.3 is 0 Å². The van der Waals surface area contributed by atoms with Crippen LogP contribution < -0.4 is 0 Å². The third kappa shape index (κ3) is 9.12. The van der Waals surface area contributed by atoms with E-state index in [9.17, 15) is 16.8 Å². The number of hydrogen-bond acceptors (Lipinski definition) is 6. The predicted octanol–water partition coefficient (Wildman–Crippen LogP) is 0.113. The first-order valence-electron chi connectivity index (χ1n) is 5.00. The molecule has 0 aliphatic carbocycles. The zero-order chi connectivity index (χ0) is 13.4. The normalized spacial score (nSPS) is 12.2. The summed E-state index contributed by atoms with van der Waals surface area (Å²) in [6.45, 7) is 1.33. The number of terminal acetylenes is 1. The summed E-state index contributed by atoms with van der Waals surface area (Å²) in [6.07, 6.45) is 5.22. The van der Waals surface area contributed by atoms with E-state index in [1.165, 1.54) is 0 Å². The summed E-state index contributed by atoms with van der Waals surface area (Å²) in [5, 5.41) is 0. The maximum absolute atomic E-state index is 11.1. The Morgan fingerprint density at radius 1 is 1.00 bits per heavy atom. The summed E-state index contributed by atoms with van der Waals surface area (Å²) in [7, 11) is -7.19. The van der Waals surface area contributed by atoms with Crippen molar-refractivity contribution in [1.82, 2.24) is 0 Å². The Balaban J connectivity index is 3.90. The van der Waals surface area contributed by atoms with E-state index in [1.807, 2.05) is 5.92 Å². The van der Waals surface area contributed by atoms with Crippen LogP contribution >= 0.6 is 0 Å². The highest BCUT2D eigenvalue weighted by molar-refractivity contribution is 7.87. The van der Waals surface area contributed by atoms with Gasteiger partial charge in [-0.05, 0) is 19.8 Å². The lowest BCUT2D eigenvalue weighted by atomic mass is 10.4. The number of hydrogen-bond donors (Lipinski definition) is 0. The molecule has 0 rings (SSSR count). The van der Waals surface area contributed by atoms with Gasteiger partial charge in [-0.15, -0.1) is 6.42 Å². The van der Waals surface area contributed by atoms with Crippen LogP contribution in [0, 0.1) is 12.3 Å². The molecule has 17 heavy (non-hydrogen) atoms. The van der Waals surface area contributed by atoms with Gasteiger partial charge in [0.1, 0.15) is 6.61 Å². The van der Waals surface area contributed by atoms with Crippen LogP contribution in [-0.4, -0.2) is 41.6 Å². The standard InChI is InChI=1S/C9H16O6S2/c1-3-7-15-17(12,13)9-6-5-8-16(10,11)14-4-2/h1H,4-9H2,2H3. The fourth-order valence-corrected chi connectivity index (χ4v) is 2.94. The van der Waals surface area contributed by atoms with Crippen molar-refractivity contribution in [3.63, 3.8) is 0 Å². The van der Waals surface area contributed by atoms with Crippen molar-refractivity contribution in [2.24, 2.45) is 0 Å². The van der Waals surface area contributed by atoms with Crippen molar-refractivity contribution in [3.05, 3.63) is 0 Å². The molecule has 0 N–H and O–H groups in total. The van der Waals surface area contributed by atoms with E-state index in [0.29, 0.717) is 0 Å². The average Bonchev–Trinajstić information content (AvgIpc) is 2.22. The lowest BCUT2D eigenvalue weighted by Gasteiger charge is -2.04. The molecule has 0 saturated carbocycles. The Labute approximate surface area is 103 Å². The van der Waals surface area contributed by atoms with E-state index in [2.05, 4.69) is 8.37 Å². The molecule has 0 radical (unpaired) electrons. The van der Waals surface area contributed by atoms with Crippen molar-refractivity contribution < 1.29 is 25.2 Å². The fourth-order valence-electron chi connectivity index (χ4n) is 0.979. The highest BCUT2D eigenvalue weighted by atomic mass is 32.2. The molecule has 0 aliphatic heterocycles. The van der Waals surface area contributed by atoms with Crippen LogP contribution in [0.2, 0.25) is 0 Å². The summed E-state index contributed by atoms with van der Waals surface area (Å²) in [4.78, 5) is 0. The third-order valence-corrected chi connectivity index (χ3v) is 4.31. The van der Waals surface area contributed by atoms with Crippen LogP contribution in [0.3, 0.4) is 0 Å². The van der Waals surface area contributed by atoms with Gasteiger partial charge in [-0.2, -0.15) is 16.8 Å². The van der Waals surface area contributed by atoms with E-state index in [0.717, 1.165) is 0 Å². The SMILES string of the molecule is C#CCOS(=O)(=O)CCCCS(=O)(=O)OCC. The van der Waals surface area contributed by atoms with Gasteiger partial charge in [0.15, 0.2) is 0 Å². The van der Waals surface area contributed by atoms with Gasteiger partial charge in [0.25, 0.3) is 20.2 Å². The molecule has 0 unspecified atom stereocenters. The van der Waals surface area contributed by atoms with Gasteiger partial charge in [-0.1, -0.05) is 5.92 Å². The Morgan fingerprint density at radius 3 is 1.88 bits per heavy atom. The molecule has 0 bridgehead atoms. The van der Waals surface area contributed by atoms with Gasteiger partial charge in [0.2, 0.25) is 0 Å². The minimum Gasteiger partial charge on any atom is -0.270 e. The fraction of sp³-hybridized carbons (Fsp3) is 0.778. The van der Waals surface area contributed by atoms with Gasteiger partial charge < -0.3 is 0 Å². The Hall–Kier alpha value is -0.620. The summed E-state index contributed by atoms with van der Waals surface area (Å²) in [6, 6.07) is 0. The second kappa shape index (κ2) is 7.66. The van der Waals surface area contributed by atoms with Crippen molar-refractivity contribution >= 4 is 20.2 Å². The first kappa shape index (κ1) is 16.4. The van der Waals surface area contributed by atoms with E-state index < -0.39 is 20.2 Å². The maximum atomic E-state index is 11.1. The molecule has 0 atom stereocenters. The minimum atomic E-state index is -3.65. The molecule has 0 heterocycles. The van der Waals surface area contributed by atoms with E-state index >= 15 is 0 Å².